The van der Waals surface area contributed by atoms with Crippen LogP contribution < -0.4 is 16.6 Å². The fourth-order valence-corrected chi connectivity index (χ4v) is 6.26. The Kier molecular flexibility index (Phi) is 11.6. The molecule has 0 unspecified atom stereocenters. The SMILES string of the molecule is Cn1nc2c(=O)n(CC3(O)CCN(C(=O)CCc4ccccc4)CC3)cnc2c1-c1ccc(CNC(=O)CCCCCCCN)cc1. The van der Waals surface area contributed by atoms with Gasteiger partial charge < -0.3 is 21.1 Å². The highest BCUT2D eigenvalue weighted by Crippen LogP contribution is 2.27. The third kappa shape index (κ3) is 8.93. The zero-order valence-electron chi connectivity index (χ0n) is 27.4. The number of aromatic nitrogens is 4. The van der Waals surface area contributed by atoms with E-state index in [1.807, 2.05) is 54.6 Å². The summed E-state index contributed by atoms with van der Waals surface area (Å²) in [4.78, 5) is 45.0. The van der Waals surface area contributed by atoms with Gasteiger partial charge in [-0.05, 0) is 49.8 Å². The number of unbranched alkanes of at least 4 members (excludes halogenated alkanes) is 4. The molecule has 1 aliphatic rings. The van der Waals surface area contributed by atoms with Gasteiger partial charge in [0.2, 0.25) is 11.8 Å². The maximum atomic E-state index is 13.5. The maximum absolute atomic E-state index is 13.5. The van der Waals surface area contributed by atoms with Crippen LogP contribution in [0.5, 0.6) is 0 Å². The van der Waals surface area contributed by atoms with E-state index in [-0.39, 0.29) is 29.4 Å². The zero-order valence-corrected chi connectivity index (χ0v) is 27.4. The molecule has 0 atom stereocenters. The molecule has 0 aliphatic carbocycles. The predicted molar refractivity (Wildman–Crippen MR) is 182 cm³/mol. The summed E-state index contributed by atoms with van der Waals surface area (Å²) in [6.45, 7) is 2.14. The number of rotatable bonds is 15. The van der Waals surface area contributed by atoms with Crippen molar-refractivity contribution >= 4 is 22.8 Å². The Bertz CT molecular complexity index is 1690. The summed E-state index contributed by atoms with van der Waals surface area (Å²) in [5, 5.41) is 18.9. The number of hydrogen-bond acceptors (Lipinski definition) is 7. The molecule has 1 saturated heterocycles. The number of piperidine rings is 1. The Hall–Kier alpha value is -4.35. The first-order chi connectivity index (χ1) is 22.8. The number of amides is 2. The van der Waals surface area contributed by atoms with Gasteiger partial charge in [-0.2, -0.15) is 5.10 Å². The fraction of sp³-hybridized carbons (Fsp3) is 0.472. The summed E-state index contributed by atoms with van der Waals surface area (Å²) in [6, 6.07) is 17.7. The molecule has 5 rings (SSSR count). The van der Waals surface area contributed by atoms with Gasteiger partial charge in [-0.15, -0.1) is 0 Å². The standard InChI is InChI=1S/C36H47N7O4/c1-41-34(29-16-13-28(14-17-29)24-38-30(44)12-8-3-2-4-9-21-37)32-33(40-41)35(46)43(26-39-32)25-36(47)19-22-42(23-20-36)31(45)18-15-27-10-6-5-7-11-27/h5-7,10-11,13-14,16-17,26,47H,2-4,8-9,12,15,18-25,37H2,1H3,(H,38,44). The molecule has 47 heavy (non-hydrogen) atoms. The van der Waals surface area contributed by atoms with Crippen molar-refractivity contribution in [2.75, 3.05) is 19.6 Å². The van der Waals surface area contributed by atoms with Crippen LogP contribution in [-0.4, -0.2) is 66.4 Å². The largest absolute Gasteiger partial charge is 0.388 e. The Morgan fingerprint density at radius 2 is 1.62 bits per heavy atom. The van der Waals surface area contributed by atoms with Crippen molar-refractivity contribution in [3.63, 3.8) is 0 Å². The van der Waals surface area contributed by atoms with Crippen LogP contribution >= 0.6 is 0 Å². The van der Waals surface area contributed by atoms with Crippen LogP contribution in [0.3, 0.4) is 0 Å². The van der Waals surface area contributed by atoms with Crippen molar-refractivity contribution in [1.29, 1.82) is 0 Å². The summed E-state index contributed by atoms with van der Waals surface area (Å²) < 4.78 is 3.08. The molecular formula is C36H47N7O4. The Morgan fingerprint density at radius 3 is 2.34 bits per heavy atom. The molecule has 11 nitrogen and oxygen atoms in total. The van der Waals surface area contributed by atoms with Crippen molar-refractivity contribution in [3.8, 4) is 11.3 Å². The van der Waals surface area contributed by atoms with E-state index in [9.17, 15) is 19.5 Å². The highest BCUT2D eigenvalue weighted by atomic mass is 16.3. The van der Waals surface area contributed by atoms with E-state index in [0.717, 1.165) is 61.0 Å². The second kappa shape index (κ2) is 16.0. The molecular weight excluding hydrogens is 594 g/mol. The van der Waals surface area contributed by atoms with Crippen molar-refractivity contribution in [1.82, 2.24) is 29.5 Å². The summed E-state index contributed by atoms with van der Waals surface area (Å²) in [6.07, 6.45) is 9.06. The molecule has 0 spiro atoms. The number of aliphatic hydroxyl groups is 1. The van der Waals surface area contributed by atoms with E-state index in [2.05, 4.69) is 15.4 Å². The molecule has 11 heteroatoms. The molecule has 4 N–H and O–H groups in total. The topological polar surface area (TPSA) is 148 Å². The van der Waals surface area contributed by atoms with Gasteiger partial charge in [0.05, 0.1) is 24.2 Å². The minimum Gasteiger partial charge on any atom is -0.388 e. The van der Waals surface area contributed by atoms with E-state index < -0.39 is 5.60 Å². The number of hydrogen-bond donors (Lipinski definition) is 3. The Morgan fingerprint density at radius 1 is 0.915 bits per heavy atom. The number of benzene rings is 2. The van der Waals surface area contributed by atoms with E-state index in [4.69, 9.17) is 5.73 Å². The number of carbonyl (C=O) groups is 2. The molecule has 250 valence electrons. The number of likely N-dealkylation sites (tertiary alicyclic amines) is 1. The zero-order chi connectivity index (χ0) is 33.2. The van der Waals surface area contributed by atoms with E-state index in [1.165, 1.54) is 10.9 Å². The lowest BCUT2D eigenvalue weighted by Crippen LogP contribution is -2.49. The quantitative estimate of drug-likeness (QED) is 0.168. The van der Waals surface area contributed by atoms with Crippen molar-refractivity contribution in [2.45, 2.75) is 82.9 Å². The fourth-order valence-electron chi connectivity index (χ4n) is 6.26. The van der Waals surface area contributed by atoms with E-state index >= 15 is 0 Å². The first kappa shape index (κ1) is 34.0. The summed E-state index contributed by atoms with van der Waals surface area (Å²) in [5.41, 5.74) is 8.50. The Labute approximate surface area is 275 Å². The minimum atomic E-state index is -1.12. The smallest absolute Gasteiger partial charge is 0.281 e. The van der Waals surface area contributed by atoms with E-state index in [0.29, 0.717) is 57.3 Å². The molecule has 0 radical (unpaired) electrons. The van der Waals surface area contributed by atoms with Crippen LogP contribution in [0.4, 0.5) is 0 Å². The number of nitrogens with zero attached hydrogens (tertiary/aromatic N) is 5. The van der Waals surface area contributed by atoms with Crippen molar-refractivity contribution < 1.29 is 14.7 Å². The molecule has 2 aromatic heterocycles. The van der Waals surface area contributed by atoms with Gasteiger partial charge in [-0.1, -0.05) is 73.9 Å². The monoisotopic (exact) mass is 641 g/mol. The highest BCUT2D eigenvalue weighted by molar-refractivity contribution is 5.89. The lowest BCUT2D eigenvalue weighted by atomic mass is 9.91. The maximum Gasteiger partial charge on any atom is 0.281 e. The minimum absolute atomic E-state index is 0.0496. The molecule has 4 aromatic rings. The number of aryl methyl sites for hydroxylation is 2. The number of nitrogens with one attached hydrogen (secondary N) is 1. The van der Waals surface area contributed by atoms with Gasteiger partial charge >= 0.3 is 0 Å². The van der Waals surface area contributed by atoms with Crippen LogP contribution in [0, 0.1) is 0 Å². The second-order valence-electron chi connectivity index (χ2n) is 12.7. The summed E-state index contributed by atoms with van der Waals surface area (Å²) in [7, 11) is 1.78. The highest BCUT2D eigenvalue weighted by Gasteiger charge is 2.35. The summed E-state index contributed by atoms with van der Waals surface area (Å²) in [5.74, 6) is 0.129. The molecule has 1 aliphatic heterocycles. The first-order valence-electron chi connectivity index (χ1n) is 16.8. The van der Waals surface area contributed by atoms with Crippen LogP contribution in [0.2, 0.25) is 0 Å². The van der Waals surface area contributed by atoms with E-state index in [1.54, 1.807) is 16.6 Å². The number of nitrogens with two attached hydrogens (primary N) is 1. The average Bonchev–Trinajstić information content (AvgIpc) is 3.43. The molecule has 0 bridgehead atoms. The average molecular weight is 642 g/mol. The van der Waals surface area contributed by atoms with Gasteiger partial charge in [0.15, 0.2) is 5.52 Å². The summed E-state index contributed by atoms with van der Waals surface area (Å²) >= 11 is 0. The number of carbonyl (C=O) groups excluding carboxylic acids is 2. The molecule has 0 saturated carbocycles. The number of fused-ring (bicyclic) bond motifs is 1. The predicted octanol–water partition coefficient (Wildman–Crippen LogP) is 3.70. The van der Waals surface area contributed by atoms with Crippen LogP contribution in [0.25, 0.3) is 22.3 Å². The molecule has 2 amide bonds. The van der Waals surface area contributed by atoms with Gasteiger partial charge in [-0.3, -0.25) is 23.6 Å². The molecule has 1 fully saturated rings. The Balaban J connectivity index is 1.16. The molecule has 3 heterocycles. The van der Waals surface area contributed by atoms with Gasteiger partial charge in [0, 0.05) is 45.1 Å². The lowest BCUT2D eigenvalue weighted by Gasteiger charge is -2.38. The third-order valence-corrected chi connectivity index (χ3v) is 9.12. The van der Waals surface area contributed by atoms with Gasteiger partial charge in [0.25, 0.3) is 5.56 Å². The van der Waals surface area contributed by atoms with Gasteiger partial charge in [0.1, 0.15) is 5.52 Å². The van der Waals surface area contributed by atoms with Crippen molar-refractivity contribution in [2.24, 2.45) is 12.8 Å². The normalized spacial score (nSPS) is 14.4. The molecule has 2 aromatic carbocycles. The van der Waals surface area contributed by atoms with Crippen LogP contribution in [0.1, 0.15) is 68.9 Å². The second-order valence-corrected chi connectivity index (χ2v) is 12.7. The first-order valence-corrected chi connectivity index (χ1v) is 16.8. The van der Waals surface area contributed by atoms with Crippen LogP contribution in [0.15, 0.2) is 65.7 Å². The van der Waals surface area contributed by atoms with Gasteiger partial charge in [-0.25, -0.2) is 4.98 Å². The van der Waals surface area contributed by atoms with Crippen molar-refractivity contribution in [3.05, 3.63) is 82.4 Å². The van der Waals surface area contributed by atoms with Crippen LogP contribution in [-0.2, 0) is 36.1 Å². The lowest BCUT2D eigenvalue weighted by molar-refractivity contribution is -0.135. The third-order valence-electron chi connectivity index (χ3n) is 9.12.